The van der Waals surface area contributed by atoms with Gasteiger partial charge in [0.25, 0.3) is 0 Å². The number of nitrogens with one attached hydrogen (secondary N) is 1. The van der Waals surface area contributed by atoms with Crippen molar-refractivity contribution in [3.63, 3.8) is 0 Å². The average Bonchev–Trinajstić information content (AvgIpc) is 2.98. The molecule has 14 heavy (non-hydrogen) atoms. The Hall–Kier alpha value is -0.570. The highest BCUT2D eigenvalue weighted by molar-refractivity contribution is 5.76. The van der Waals surface area contributed by atoms with Crippen molar-refractivity contribution in [2.75, 3.05) is 13.1 Å². The van der Waals surface area contributed by atoms with E-state index in [2.05, 4.69) is 4.90 Å². The monoisotopic (exact) mass is 195 g/mol. The molecule has 3 nitrogen and oxygen atoms in total. The maximum Gasteiger partial charge on any atom is 0.0905 e. The minimum Gasteiger partial charge on any atom is -0.388 e. The van der Waals surface area contributed by atoms with Crippen LogP contribution in [0.1, 0.15) is 38.5 Å². The van der Waals surface area contributed by atoms with Crippen LogP contribution >= 0.6 is 0 Å². The van der Waals surface area contributed by atoms with Crippen LogP contribution in [0.3, 0.4) is 0 Å². The molecular formula is C11H21N3. The topological polar surface area (TPSA) is 53.1 Å². The summed E-state index contributed by atoms with van der Waals surface area (Å²) in [5.74, 6) is 1.33. The molecule has 2 rings (SSSR count). The molecule has 0 radical (unpaired) electrons. The summed E-state index contributed by atoms with van der Waals surface area (Å²) in [5, 5.41) is 7.17. The van der Waals surface area contributed by atoms with Crippen LogP contribution in [0, 0.1) is 11.3 Å². The molecule has 3 heteroatoms. The largest absolute Gasteiger partial charge is 0.388 e. The maximum absolute atomic E-state index is 7.17. The third kappa shape index (κ3) is 3.29. The zero-order valence-electron chi connectivity index (χ0n) is 8.84. The lowest BCUT2D eigenvalue weighted by Crippen LogP contribution is -2.30. The van der Waals surface area contributed by atoms with Crippen LogP contribution in [0.25, 0.3) is 0 Å². The van der Waals surface area contributed by atoms with Crippen LogP contribution in [0.2, 0.25) is 0 Å². The number of hydrogen-bond acceptors (Lipinski definition) is 2. The summed E-state index contributed by atoms with van der Waals surface area (Å²) in [7, 11) is 0. The first-order valence-corrected chi connectivity index (χ1v) is 5.82. The molecule has 2 fully saturated rings. The lowest BCUT2D eigenvalue weighted by atomic mass is 10.2. The molecule has 0 aromatic rings. The van der Waals surface area contributed by atoms with Gasteiger partial charge in [-0.2, -0.15) is 0 Å². The van der Waals surface area contributed by atoms with E-state index in [0.29, 0.717) is 5.84 Å². The standard InChI is InChI=1S/C11H21N3/c12-11(13)2-1-7-14(10-5-6-10)8-9-3-4-9/h9-10H,1-8H2,(H3,12,13). The third-order valence-electron chi connectivity index (χ3n) is 3.14. The van der Waals surface area contributed by atoms with Crippen LogP contribution in [0.4, 0.5) is 0 Å². The Morgan fingerprint density at radius 3 is 2.50 bits per heavy atom. The smallest absolute Gasteiger partial charge is 0.0905 e. The summed E-state index contributed by atoms with van der Waals surface area (Å²) in [6.45, 7) is 2.46. The van der Waals surface area contributed by atoms with E-state index in [9.17, 15) is 0 Å². The van der Waals surface area contributed by atoms with Crippen LogP contribution in [-0.2, 0) is 0 Å². The number of hydrogen-bond donors (Lipinski definition) is 2. The van der Waals surface area contributed by atoms with Gasteiger partial charge in [-0.25, -0.2) is 0 Å². The molecular weight excluding hydrogens is 174 g/mol. The fourth-order valence-electron chi connectivity index (χ4n) is 1.97. The highest BCUT2D eigenvalue weighted by atomic mass is 15.2. The van der Waals surface area contributed by atoms with Crippen LogP contribution in [0.5, 0.6) is 0 Å². The van der Waals surface area contributed by atoms with E-state index in [1.807, 2.05) is 0 Å². The van der Waals surface area contributed by atoms with Gasteiger partial charge in [0.05, 0.1) is 5.84 Å². The van der Waals surface area contributed by atoms with E-state index >= 15 is 0 Å². The Bertz CT molecular complexity index is 207. The first kappa shape index (κ1) is 9.97. The second-order valence-electron chi connectivity index (χ2n) is 4.80. The summed E-state index contributed by atoms with van der Waals surface area (Å²) in [6, 6.07) is 0.877. The normalized spacial score (nSPS) is 21.5. The van der Waals surface area contributed by atoms with E-state index in [1.54, 1.807) is 0 Å². The summed E-state index contributed by atoms with van der Waals surface area (Å²) in [6.07, 6.45) is 7.51. The predicted octanol–water partition coefficient (Wildman–Crippen LogP) is 1.58. The second-order valence-corrected chi connectivity index (χ2v) is 4.80. The molecule has 0 unspecified atom stereocenters. The molecule has 2 aliphatic carbocycles. The van der Waals surface area contributed by atoms with E-state index < -0.39 is 0 Å². The van der Waals surface area contributed by atoms with Crippen molar-refractivity contribution in [2.24, 2.45) is 11.7 Å². The van der Waals surface area contributed by atoms with Crippen molar-refractivity contribution < 1.29 is 0 Å². The van der Waals surface area contributed by atoms with Crippen molar-refractivity contribution in [2.45, 2.75) is 44.6 Å². The molecule has 0 atom stereocenters. The average molecular weight is 195 g/mol. The number of rotatable bonds is 7. The maximum atomic E-state index is 7.17. The number of amidine groups is 1. The Kier molecular flexibility index (Phi) is 3.06. The Morgan fingerprint density at radius 1 is 1.29 bits per heavy atom. The fourth-order valence-corrected chi connectivity index (χ4v) is 1.97. The van der Waals surface area contributed by atoms with Crippen LogP contribution < -0.4 is 5.73 Å². The molecule has 0 spiro atoms. The highest BCUT2D eigenvalue weighted by Crippen LogP contribution is 2.34. The van der Waals surface area contributed by atoms with Gasteiger partial charge in [0.2, 0.25) is 0 Å². The second kappa shape index (κ2) is 4.30. The van der Waals surface area contributed by atoms with Gasteiger partial charge in [0.15, 0.2) is 0 Å². The number of nitrogens with zero attached hydrogens (tertiary/aromatic N) is 1. The van der Waals surface area contributed by atoms with Gasteiger partial charge in [-0.1, -0.05) is 0 Å². The summed E-state index contributed by atoms with van der Waals surface area (Å²) >= 11 is 0. The van der Waals surface area contributed by atoms with Gasteiger partial charge < -0.3 is 10.6 Å². The van der Waals surface area contributed by atoms with Crippen molar-refractivity contribution in [3.05, 3.63) is 0 Å². The van der Waals surface area contributed by atoms with Crippen molar-refractivity contribution in [1.29, 1.82) is 5.41 Å². The molecule has 0 aliphatic heterocycles. The van der Waals surface area contributed by atoms with Crippen molar-refractivity contribution >= 4 is 5.84 Å². The lowest BCUT2D eigenvalue weighted by molar-refractivity contribution is 0.251. The van der Waals surface area contributed by atoms with Crippen LogP contribution in [-0.4, -0.2) is 29.9 Å². The van der Waals surface area contributed by atoms with E-state index in [1.165, 1.54) is 32.2 Å². The SMILES string of the molecule is N=C(N)CCCN(CC1CC1)C1CC1. The van der Waals surface area contributed by atoms with Crippen LogP contribution in [0.15, 0.2) is 0 Å². The zero-order chi connectivity index (χ0) is 9.97. The highest BCUT2D eigenvalue weighted by Gasteiger charge is 2.32. The molecule has 0 heterocycles. The van der Waals surface area contributed by atoms with E-state index in [0.717, 1.165) is 31.3 Å². The predicted molar refractivity (Wildman–Crippen MR) is 58.5 cm³/mol. The van der Waals surface area contributed by atoms with Gasteiger partial charge in [0.1, 0.15) is 0 Å². The minimum atomic E-state index is 0.340. The van der Waals surface area contributed by atoms with E-state index in [-0.39, 0.29) is 0 Å². The third-order valence-corrected chi connectivity index (χ3v) is 3.14. The summed E-state index contributed by atoms with van der Waals surface area (Å²) < 4.78 is 0. The van der Waals surface area contributed by atoms with Gasteiger partial charge >= 0.3 is 0 Å². The Balaban J connectivity index is 1.64. The van der Waals surface area contributed by atoms with Gasteiger partial charge in [0, 0.05) is 19.0 Å². The minimum absolute atomic E-state index is 0.340. The van der Waals surface area contributed by atoms with Gasteiger partial charge in [-0.15, -0.1) is 0 Å². The molecule has 0 aromatic heterocycles. The first-order chi connectivity index (χ1) is 6.75. The molecule has 2 aliphatic rings. The summed E-state index contributed by atoms with van der Waals surface area (Å²) in [4.78, 5) is 2.63. The molecule has 0 bridgehead atoms. The molecule has 0 aromatic carbocycles. The lowest BCUT2D eigenvalue weighted by Gasteiger charge is -2.21. The van der Waals surface area contributed by atoms with Gasteiger partial charge in [-0.05, 0) is 44.6 Å². The van der Waals surface area contributed by atoms with E-state index in [4.69, 9.17) is 11.1 Å². The van der Waals surface area contributed by atoms with Crippen molar-refractivity contribution in [3.8, 4) is 0 Å². The quantitative estimate of drug-likeness (QED) is 0.478. The summed E-state index contributed by atoms with van der Waals surface area (Å²) in [5.41, 5.74) is 5.35. The number of nitrogens with two attached hydrogens (primary N) is 1. The molecule has 0 amide bonds. The van der Waals surface area contributed by atoms with Crippen molar-refractivity contribution in [1.82, 2.24) is 4.90 Å². The Morgan fingerprint density at radius 2 is 2.00 bits per heavy atom. The first-order valence-electron chi connectivity index (χ1n) is 5.82. The molecule has 0 saturated heterocycles. The molecule has 2 saturated carbocycles. The Labute approximate surface area is 86.2 Å². The molecule has 3 N–H and O–H groups in total. The zero-order valence-corrected chi connectivity index (χ0v) is 8.84. The fraction of sp³-hybridized carbons (Fsp3) is 0.909. The van der Waals surface area contributed by atoms with Gasteiger partial charge in [-0.3, -0.25) is 5.41 Å². The molecule has 80 valence electrons.